The number of carbonyl (C=O) groups excluding carboxylic acids is 1. The number of nitrogens with one attached hydrogen (secondary N) is 1. The summed E-state index contributed by atoms with van der Waals surface area (Å²) in [5, 5.41) is 3.66. The van der Waals surface area contributed by atoms with Crippen LogP contribution in [0.4, 0.5) is 0 Å². The summed E-state index contributed by atoms with van der Waals surface area (Å²) >= 11 is 0. The van der Waals surface area contributed by atoms with Gasteiger partial charge in [0.15, 0.2) is 0 Å². The minimum absolute atomic E-state index is 0.427. The third kappa shape index (κ3) is 3.37. The van der Waals surface area contributed by atoms with Crippen LogP contribution in [0.5, 0.6) is 0 Å². The fraction of sp³-hybridized carbons (Fsp3) is 0.632. The summed E-state index contributed by atoms with van der Waals surface area (Å²) in [5.74, 6) is 1.04. The molecule has 1 aromatic rings. The number of fused-ring (bicyclic) bond motifs is 2. The summed E-state index contributed by atoms with van der Waals surface area (Å²) in [4.78, 5) is 12.5. The van der Waals surface area contributed by atoms with Gasteiger partial charge in [0, 0.05) is 24.9 Å². The van der Waals surface area contributed by atoms with E-state index in [0.717, 1.165) is 6.42 Å². The van der Waals surface area contributed by atoms with Crippen LogP contribution >= 0.6 is 0 Å². The van der Waals surface area contributed by atoms with Crippen molar-refractivity contribution in [3.63, 3.8) is 0 Å². The predicted molar refractivity (Wildman–Crippen MR) is 86.7 cm³/mol. The first kappa shape index (κ1) is 14.8. The highest BCUT2D eigenvalue weighted by Gasteiger charge is 2.34. The molecule has 2 aliphatic heterocycles. The molecule has 0 radical (unpaired) electrons. The van der Waals surface area contributed by atoms with Gasteiger partial charge in [-0.25, -0.2) is 0 Å². The Labute approximate surface area is 128 Å². The third-order valence-corrected chi connectivity index (χ3v) is 5.30. The summed E-state index contributed by atoms with van der Waals surface area (Å²) in [6.07, 6.45) is 6.43. The normalized spacial score (nSPS) is 27.9. The van der Waals surface area contributed by atoms with Crippen LogP contribution in [0.15, 0.2) is 12.1 Å². The number of Topliss-reactive ketones (excluding diaryl/α,β-unsaturated/α-hetero) is 1. The van der Waals surface area contributed by atoms with E-state index in [2.05, 4.69) is 38.2 Å². The van der Waals surface area contributed by atoms with Gasteiger partial charge in [0.2, 0.25) is 0 Å². The zero-order valence-electron chi connectivity index (χ0n) is 13.5. The monoisotopic (exact) mass is 285 g/mol. The fourth-order valence-electron chi connectivity index (χ4n) is 4.42. The molecule has 2 fully saturated rings. The van der Waals surface area contributed by atoms with Crippen molar-refractivity contribution >= 4 is 5.78 Å². The van der Waals surface area contributed by atoms with Crippen LogP contribution in [-0.2, 0) is 11.2 Å². The second kappa shape index (κ2) is 5.92. The van der Waals surface area contributed by atoms with Gasteiger partial charge in [-0.15, -0.1) is 0 Å². The Morgan fingerprint density at radius 3 is 2.24 bits per heavy atom. The molecule has 0 amide bonds. The smallest absolute Gasteiger partial charge is 0.137 e. The molecule has 3 rings (SSSR count). The molecule has 2 unspecified atom stereocenters. The van der Waals surface area contributed by atoms with Crippen molar-refractivity contribution in [3.05, 3.63) is 34.4 Å². The SMILES string of the molecule is Cc1cc(C)c(CC(=O)CC2CC3CCC(C2)N3)c(C)c1. The Morgan fingerprint density at radius 1 is 1.10 bits per heavy atom. The van der Waals surface area contributed by atoms with Crippen molar-refractivity contribution in [1.82, 2.24) is 5.32 Å². The van der Waals surface area contributed by atoms with E-state index in [1.54, 1.807) is 0 Å². The highest BCUT2D eigenvalue weighted by Crippen LogP contribution is 2.33. The maximum atomic E-state index is 12.5. The molecular weight excluding hydrogens is 258 g/mol. The van der Waals surface area contributed by atoms with Crippen LogP contribution in [0.25, 0.3) is 0 Å². The Balaban J connectivity index is 1.62. The van der Waals surface area contributed by atoms with Gasteiger partial charge >= 0.3 is 0 Å². The molecule has 0 aromatic heterocycles. The summed E-state index contributed by atoms with van der Waals surface area (Å²) < 4.78 is 0. The summed E-state index contributed by atoms with van der Waals surface area (Å²) in [6, 6.07) is 5.76. The van der Waals surface area contributed by atoms with Crippen molar-refractivity contribution in [2.45, 2.75) is 71.4 Å². The van der Waals surface area contributed by atoms with E-state index < -0.39 is 0 Å². The lowest BCUT2D eigenvalue weighted by molar-refractivity contribution is -0.119. The molecule has 2 aliphatic rings. The van der Waals surface area contributed by atoms with Crippen LogP contribution in [-0.4, -0.2) is 17.9 Å². The van der Waals surface area contributed by atoms with Gasteiger partial charge in [0.25, 0.3) is 0 Å². The molecule has 114 valence electrons. The molecule has 2 saturated heterocycles. The van der Waals surface area contributed by atoms with E-state index in [1.807, 2.05) is 0 Å². The molecule has 2 heterocycles. The Hall–Kier alpha value is -1.15. The van der Waals surface area contributed by atoms with Crippen LogP contribution < -0.4 is 5.32 Å². The van der Waals surface area contributed by atoms with Gasteiger partial charge in [0.1, 0.15) is 5.78 Å². The molecule has 1 N–H and O–H groups in total. The molecular formula is C19H27NO. The maximum Gasteiger partial charge on any atom is 0.137 e. The number of ketones is 1. The average Bonchev–Trinajstić information content (AvgIpc) is 2.73. The van der Waals surface area contributed by atoms with Crippen LogP contribution in [0.1, 0.15) is 54.4 Å². The number of aryl methyl sites for hydroxylation is 3. The van der Waals surface area contributed by atoms with E-state index in [4.69, 9.17) is 0 Å². The fourth-order valence-corrected chi connectivity index (χ4v) is 4.42. The molecule has 0 aliphatic carbocycles. The van der Waals surface area contributed by atoms with Crippen molar-refractivity contribution < 1.29 is 4.79 Å². The molecule has 2 heteroatoms. The first-order chi connectivity index (χ1) is 10.0. The van der Waals surface area contributed by atoms with E-state index >= 15 is 0 Å². The molecule has 0 spiro atoms. The standard InChI is InChI=1S/C19H27NO/c1-12-6-13(2)19(14(3)7-12)11-18(21)10-15-8-16-4-5-17(9-15)20-16/h6-7,15-17,20H,4-5,8-11H2,1-3H3. The molecule has 1 aromatic carbocycles. The molecule has 2 nitrogen and oxygen atoms in total. The van der Waals surface area contributed by atoms with Crippen LogP contribution in [0, 0.1) is 26.7 Å². The predicted octanol–water partition coefficient (Wildman–Crippen LogP) is 3.64. The lowest BCUT2D eigenvalue weighted by Crippen LogP contribution is -2.38. The first-order valence-electron chi connectivity index (χ1n) is 8.35. The van der Waals surface area contributed by atoms with E-state index in [1.165, 1.54) is 47.9 Å². The molecule has 2 atom stereocenters. The lowest BCUT2D eigenvalue weighted by Gasteiger charge is -2.28. The number of benzene rings is 1. The van der Waals surface area contributed by atoms with Crippen molar-refractivity contribution in [1.29, 1.82) is 0 Å². The third-order valence-electron chi connectivity index (χ3n) is 5.30. The minimum Gasteiger partial charge on any atom is -0.311 e. The topological polar surface area (TPSA) is 29.1 Å². The quantitative estimate of drug-likeness (QED) is 0.915. The molecule has 21 heavy (non-hydrogen) atoms. The van der Waals surface area contributed by atoms with Gasteiger partial charge in [-0.2, -0.15) is 0 Å². The van der Waals surface area contributed by atoms with Gasteiger partial charge in [-0.3, -0.25) is 4.79 Å². The highest BCUT2D eigenvalue weighted by atomic mass is 16.1. The Bertz CT molecular complexity index is 513. The zero-order valence-corrected chi connectivity index (χ0v) is 13.5. The van der Waals surface area contributed by atoms with Gasteiger partial charge < -0.3 is 5.32 Å². The van der Waals surface area contributed by atoms with Crippen LogP contribution in [0.3, 0.4) is 0 Å². The van der Waals surface area contributed by atoms with Crippen molar-refractivity contribution in [2.24, 2.45) is 5.92 Å². The summed E-state index contributed by atoms with van der Waals surface area (Å²) in [6.45, 7) is 6.39. The Morgan fingerprint density at radius 2 is 1.67 bits per heavy atom. The second-order valence-electron chi connectivity index (χ2n) is 7.27. The number of rotatable bonds is 4. The number of hydrogen-bond acceptors (Lipinski definition) is 2. The zero-order chi connectivity index (χ0) is 15.0. The van der Waals surface area contributed by atoms with Crippen molar-refractivity contribution in [2.75, 3.05) is 0 Å². The number of hydrogen-bond donors (Lipinski definition) is 1. The summed E-state index contributed by atoms with van der Waals surface area (Å²) in [7, 11) is 0. The largest absolute Gasteiger partial charge is 0.311 e. The van der Waals surface area contributed by atoms with E-state index in [-0.39, 0.29) is 0 Å². The van der Waals surface area contributed by atoms with Crippen LogP contribution in [0.2, 0.25) is 0 Å². The first-order valence-corrected chi connectivity index (χ1v) is 8.35. The average molecular weight is 285 g/mol. The van der Waals surface area contributed by atoms with Gasteiger partial charge in [0.05, 0.1) is 0 Å². The highest BCUT2D eigenvalue weighted by molar-refractivity contribution is 5.81. The molecule has 0 saturated carbocycles. The lowest BCUT2D eigenvalue weighted by atomic mass is 9.86. The molecule has 2 bridgehead atoms. The van der Waals surface area contributed by atoms with E-state index in [0.29, 0.717) is 30.2 Å². The Kier molecular flexibility index (Phi) is 4.17. The maximum absolute atomic E-state index is 12.5. The summed E-state index contributed by atoms with van der Waals surface area (Å²) in [5.41, 5.74) is 5.08. The minimum atomic E-state index is 0.427. The van der Waals surface area contributed by atoms with Gasteiger partial charge in [-0.05, 0) is 69.1 Å². The van der Waals surface area contributed by atoms with E-state index in [9.17, 15) is 4.79 Å². The van der Waals surface area contributed by atoms with Crippen molar-refractivity contribution in [3.8, 4) is 0 Å². The van der Waals surface area contributed by atoms with Gasteiger partial charge in [-0.1, -0.05) is 17.7 Å². The number of piperidine rings is 1. The number of carbonyl (C=O) groups is 1. The second-order valence-corrected chi connectivity index (χ2v) is 7.27.